The number of rotatable bonds is 5. The molecule has 1 aliphatic carbocycles. The standard InChI is InChI=1S/C26H30F2N2O2/c27-18-8-10-24-22(13-18)23-14-19(28)9-11-25(23)30(24)16-20(31)15-29-12-4-7-21(26(29)32)17-5-2-1-3-6-17/h8-11,13-14,17,20-21,31H,1-7,12,15-16H2. The lowest BCUT2D eigenvalue weighted by atomic mass is 9.76. The molecule has 2 fully saturated rings. The zero-order valence-corrected chi connectivity index (χ0v) is 18.3. The molecule has 4 nitrogen and oxygen atoms in total. The van der Waals surface area contributed by atoms with Crippen LogP contribution in [0.5, 0.6) is 0 Å². The van der Waals surface area contributed by atoms with E-state index >= 15 is 0 Å². The SMILES string of the molecule is O=C1C(C2CCCCC2)CCCN1CC(O)Cn1c2ccc(F)cc2c2cc(F)ccc21. The Balaban J connectivity index is 1.36. The predicted octanol–water partition coefficient (Wildman–Crippen LogP) is 5.25. The van der Waals surface area contributed by atoms with E-state index in [-0.39, 0.29) is 36.5 Å². The molecule has 2 aliphatic rings. The van der Waals surface area contributed by atoms with Gasteiger partial charge in [0.1, 0.15) is 11.6 Å². The Morgan fingerprint density at radius 2 is 1.50 bits per heavy atom. The van der Waals surface area contributed by atoms with Crippen molar-refractivity contribution in [2.75, 3.05) is 13.1 Å². The van der Waals surface area contributed by atoms with Crippen LogP contribution < -0.4 is 0 Å². The van der Waals surface area contributed by atoms with E-state index in [1.165, 1.54) is 43.5 Å². The van der Waals surface area contributed by atoms with Crippen LogP contribution in [0.1, 0.15) is 44.9 Å². The molecule has 1 amide bonds. The van der Waals surface area contributed by atoms with Crippen molar-refractivity contribution < 1.29 is 18.7 Å². The molecule has 0 radical (unpaired) electrons. The predicted molar refractivity (Wildman–Crippen MR) is 121 cm³/mol. The molecule has 0 spiro atoms. The van der Waals surface area contributed by atoms with E-state index in [9.17, 15) is 18.7 Å². The molecule has 2 atom stereocenters. The summed E-state index contributed by atoms with van der Waals surface area (Å²) in [7, 11) is 0. The Hall–Kier alpha value is -2.47. The zero-order chi connectivity index (χ0) is 22.2. The molecule has 1 aromatic heterocycles. The van der Waals surface area contributed by atoms with Crippen LogP contribution in [0.2, 0.25) is 0 Å². The summed E-state index contributed by atoms with van der Waals surface area (Å²) in [6.07, 6.45) is 7.15. The van der Waals surface area contributed by atoms with Crippen LogP contribution in [-0.2, 0) is 11.3 Å². The van der Waals surface area contributed by atoms with Crippen LogP contribution in [0, 0.1) is 23.5 Å². The molecular weight excluding hydrogens is 410 g/mol. The number of nitrogens with zero attached hydrogens (tertiary/aromatic N) is 2. The number of amides is 1. The lowest BCUT2D eigenvalue weighted by Gasteiger charge is -2.38. The third-order valence-corrected chi connectivity index (χ3v) is 7.40. The molecule has 6 heteroatoms. The van der Waals surface area contributed by atoms with Gasteiger partial charge < -0.3 is 14.6 Å². The molecule has 2 unspecified atom stereocenters. The van der Waals surface area contributed by atoms with Gasteiger partial charge in [-0.05, 0) is 68.0 Å². The van der Waals surface area contributed by atoms with Crippen molar-refractivity contribution in [2.45, 2.75) is 57.6 Å². The first-order valence-electron chi connectivity index (χ1n) is 11.8. The third kappa shape index (κ3) is 4.01. The summed E-state index contributed by atoms with van der Waals surface area (Å²) >= 11 is 0. The lowest BCUT2D eigenvalue weighted by Crippen LogP contribution is -2.47. The molecule has 170 valence electrons. The number of piperidine rings is 1. The number of aliphatic hydroxyl groups is 1. The van der Waals surface area contributed by atoms with Crippen molar-refractivity contribution >= 4 is 27.7 Å². The Labute approximate surface area is 186 Å². The van der Waals surface area contributed by atoms with Gasteiger partial charge in [0.05, 0.1) is 12.6 Å². The summed E-state index contributed by atoms with van der Waals surface area (Å²) in [6.45, 7) is 1.23. The minimum Gasteiger partial charge on any atom is -0.389 e. The summed E-state index contributed by atoms with van der Waals surface area (Å²) < 4.78 is 29.7. The van der Waals surface area contributed by atoms with Gasteiger partial charge in [-0.3, -0.25) is 4.79 Å². The van der Waals surface area contributed by atoms with Crippen LogP contribution in [0.3, 0.4) is 0 Å². The molecule has 2 heterocycles. The molecule has 32 heavy (non-hydrogen) atoms. The number of hydrogen-bond acceptors (Lipinski definition) is 2. The quantitative estimate of drug-likeness (QED) is 0.589. The van der Waals surface area contributed by atoms with Crippen LogP contribution in [-0.4, -0.2) is 39.7 Å². The maximum absolute atomic E-state index is 13.9. The first-order chi connectivity index (χ1) is 15.5. The topological polar surface area (TPSA) is 45.5 Å². The molecule has 3 aromatic rings. The van der Waals surface area contributed by atoms with Crippen molar-refractivity contribution in [3.8, 4) is 0 Å². The van der Waals surface area contributed by atoms with Crippen LogP contribution in [0.15, 0.2) is 36.4 Å². The van der Waals surface area contributed by atoms with Gasteiger partial charge in [-0.1, -0.05) is 19.3 Å². The highest BCUT2D eigenvalue weighted by atomic mass is 19.1. The summed E-state index contributed by atoms with van der Waals surface area (Å²) in [5.41, 5.74) is 1.49. The van der Waals surface area contributed by atoms with E-state index in [2.05, 4.69) is 0 Å². The second-order valence-corrected chi connectivity index (χ2v) is 9.52. The second kappa shape index (κ2) is 8.81. The molecule has 1 aliphatic heterocycles. The first-order valence-corrected chi connectivity index (χ1v) is 11.8. The molecule has 2 aromatic carbocycles. The fourth-order valence-electron chi connectivity index (χ4n) is 5.89. The number of halogens is 2. The lowest BCUT2D eigenvalue weighted by molar-refractivity contribution is -0.142. The summed E-state index contributed by atoms with van der Waals surface area (Å²) in [6, 6.07) is 8.90. The normalized spacial score (nSPS) is 21.5. The first kappa shape index (κ1) is 21.4. The molecule has 1 saturated carbocycles. The van der Waals surface area contributed by atoms with Gasteiger partial charge in [0.2, 0.25) is 5.91 Å². The molecule has 0 bridgehead atoms. The molecule has 5 rings (SSSR count). The highest BCUT2D eigenvalue weighted by Gasteiger charge is 2.35. The number of likely N-dealkylation sites (tertiary alicyclic amines) is 1. The van der Waals surface area contributed by atoms with Crippen molar-refractivity contribution in [2.24, 2.45) is 11.8 Å². The second-order valence-electron chi connectivity index (χ2n) is 9.52. The minimum atomic E-state index is -0.766. The van der Waals surface area contributed by atoms with Crippen LogP contribution in [0.4, 0.5) is 8.78 Å². The Bertz CT molecular complexity index is 1080. The number of benzene rings is 2. The van der Waals surface area contributed by atoms with Crippen LogP contribution >= 0.6 is 0 Å². The fraction of sp³-hybridized carbons (Fsp3) is 0.500. The summed E-state index contributed by atoms with van der Waals surface area (Å²) in [4.78, 5) is 15.0. The van der Waals surface area contributed by atoms with E-state index in [0.717, 1.165) is 36.7 Å². The number of carbonyl (C=O) groups is 1. The van der Waals surface area contributed by atoms with E-state index in [0.29, 0.717) is 23.2 Å². The molecular formula is C26H30F2N2O2. The van der Waals surface area contributed by atoms with E-state index in [4.69, 9.17) is 0 Å². The zero-order valence-electron chi connectivity index (χ0n) is 18.3. The van der Waals surface area contributed by atoms with E-state index in [1.54, 1.807) is 12.1 Å². The van der Waals surface area contributed by atoms with E-state index in [1.807, 2.05) is 9.47 Å². The minimum absolute atomic E-state index is 0.0930. The average molecular weight is 441 g/mol. The van der Waals surface area contributed by atoms with Crippen molar-refractivity contribution in [3.63, 3.8) is 0 Å². The third-order valence-electron chi connectivity index (χ3n) is 7.40. The molecule has 1 N–H and O–H groups in total. The van der Waals surface area contributed by atoms with Gasteiger partial charge in [-0.2, -0.15) is 0 Å². The Morgan fingerprint density at radius 1 is 0.875 bits per heavy atom. The maximum Gasteiger partial charge on any atom is 0.226 e. The van der Waals surface area contributed by atoms with Gasteiger partial charge in [-0.15, -0.1) is 0 Å². The largest absolute Gasteiger partial charge is 0.389 e. The number of hydrogen-bond donors (Lipinski definition) is 1. The van der Waals surface area contributed by atoms with Crippen molar-refractivity contribution in [1.82, 2.24) is 9.47 Å². The Morgan fingerprint density at radius 3 is 2.12 bits per heavy atom. The summed E-state index contributed by atoms with van der Waals surface area (Å²) in [5, 5.41) is 12.2. The van der Waals surface area contributed by atoms with Crippen molar-refractivity contribution in [3.05, 3.63) is 48.0 Å². The van der Waals surface area contributed by atoms with Gasteiger partial charge in [0.25, 0.3) is 0 Å². The number of carbonyl (C=O) groups excluding carboxylic acids is 1. The highest BCUT2D eigenvalue weighted by molar-refractivity contribution is 6.08. The van der Waals surface area contributed by atoms with Gasteiger partial charge in [0.15, 0.2) is 0 Å². The smallest absolute Gasteiger partial charge is 0.226 e. The van der Waals surface area contributed by atoms with Gasteiger partial charge in [0, 0.05) is 40.8 Å². The van der Waals surface area contributed by atoms with Crippen molar-refractivity contribution in [1.29, 1.82) is 0 Å². The van der Waals surface area contributed by atoms with Gasteiger partial charge in [-0.25, -0.2) is 8.78 Å². The molecule has 1 saturated heterocycles. The highest BCUT2D eigenvalue weighted by Crippen LogP contribution is 2.36. The van der Waals surface area contributed by atoms with Crippen LogP contribution in [0.25, 0.3) is 21.8 Å². The monoisotopic (exact) mass is 440 g/mol. The number of β-amino-alcohol motifs (C(OH)–C–C–N with tert-alkyl or cyclic N) is 1. The number of aromatic nitrogens is 1. The fourth-order valence-corrected chi connectivity index (χ4v) is 5.89. The van der Waals surface area contributed by atoms with Gasteiger partial charge >= 0.3 is 0 Å². The number of aliphatic hydroxyl groups excluding tert-OH is 1. The number of fused-ring (bicyclic) bond motifs is 3. The van der Waals surface area contributed by atoms with E-state index < -0.39 is 6.10 Å². The maximum atomic E-state index is 13.9. The Kier molecular flexibility index (Phi) is 5.89. The average Bonchev–Trinajstić information content (AvgIpc) is 3.07. The summed E-state index contributed by atoms with van der Waals surface area (Å²) in [5.74, 6) is 0.00498.